The highest BCUT2D eigenvalue weighted by atomic mass is 32.1. The standard InChI is InChI=1S/C15H21N3OS/c1-3-10-16-14(15-11-20-18-17-15)9-6-12-4-7-13(19-2)8-5-12/h4-5,7-8,11,14,16H,3,6,9-10H2,1-2H3. The van der Waals surface area contributed by atoms with Crippen LogP contribution in [-0.4, -0.2) is 23.2 Å². The van der Waals surface area contributed by atoms with E-state index in [0.29, 0.717) is 0 Å². The molecule has 0 bridgehead atoms. The van der Waals surface area contributed by atoms with Gasteiger partial charge in [0.2, 0.25) is 0 Å². The van der Waals surface area contributed by atoms with E-state index < -0.39 is 0 Å². The molecule has 108 valence electrons. The van der Waals surface area contributed by atoms with Gasteiger partial charge in [-0.05, 0) is 55.0 Å². The van der Waals surface area contributed by atoms with Gasteiger partial charge in [0.1, 0.15) is 5.75 Å². The predicted octanol–water partition coefficient (Wildman–Crippen LogP) is 3.22. The molecule has 20 heavy (non-hydrogen) atoms. The Hall–Kier alpha value is -1.46. The smallest absolute Gasteiger partial charge is 0.118 e. The number of nitrogens with one attached hydrogen (secondary N) is 1. The van der Waals surface area contributed by atoms with Crippen LogP contribution >= 0.6 is 11.5 Å². The number of hydrogen-bond donors (Lipinski definition) is 1. The summed E-state index contributed by atoms with van der Waals surface area (Å²) in [5.41, 5.74) is 2.37. The van der Waals surface area contributed by atoms with Crippen LogP contribution in [0.25, 0.3) is 0 Å². The summed E-state index contributed by atoms with van der Waals surface area (Å²) in [6.45, 7) is 3.18. The van der Waals surface area contributed by atoms with Gasteiger partial charge in [-0.3, -0.25) is 0 Å². The zero-order valence-electron chi connectivity index (χ0n) is 12.0. The average molecular weight is 291 g/mol. The number of benzene rings is 1. The monoisotopic (exact) mass is 291 g/mol. The Morgan fingerprint density at radius 3 is 2.70 bits per heavy atom. The minimum Gasteiger partial charge on any atom is -0.497 e. The van der Waals surface area contributed by atoms with Gasteiger partial charge in [0.05, 0.1) is 18.8 Å². The lowest BCUT2D eigenvalue weighted by Crippen LogP contribution is -2.23. The molecule has 0 radical (unpaired) electrons. The molecular formula is C15H21N3OS. The maximum atomic E-state index is 5.18. The number of ether oxygens (including phenoxy) is 1. The fraction of sp³-hybridized carbons (Fsp3) is 0.467. The van der Waals surface area contributed by atoms with Gasteiger partial charge >= 0.3 is 0 Å². The Kier molecular flexibility index (Phi) is 5.95. The van der Waals surface area contributed by atoms with Crippen molar-refractivity contribution in [3.8, 4) is 5.75 Å². The van der Waals surface area contributed by atoms with E-state index in [-0.39, 0.29) is 6.04 Å². The van der Waals surface area contributed by atoms with Crippen molar-refractivity contribution < 1.29 is 4.74 Å². The molecule has 2 rings (SSSR count). The van der Waals surface area contributed by atoms with Crippen LogP contribution in [0.1, 0.15) is 37.1 Å². The van der Waals surface area contributed by atoms with E-state index in [9.17, 15) is 0 Å². The Labute approximate surface area is 124 Å². The Morgan fingerprint density at radius 1 is 1.30 bits per heavy atom. The van der Waals surface area contributed by atoms with E-state index in [2.05, 4.69) is 34.0 Å². The van der Waals surface area contributed by atoms with Crippen LogP contribution in [0.5, 0.6) is 5.75 Å². The van der Waals surface area contributed by atoms with Crippen LogP contribution in [0.2, 0.25) is 0 Å². The van der Waals surface area contributed by atoms with Gasteiger partial charge in [0.15, 0.2) is 0 Å². The molecule has 1 unspecified atom stereocenters. The zero-order chi connectivity index (χ0) is 14.2. The van der Waals surface area contributed by atoms with Crippen molar-refractivity contribution >= 4 is 11.5 Å². The van der Waals surface area contributed by atoms with E-state index in [0.717, 1.165) is 37.3 Å². The van der Waals surface area contributed by atoms with Crippen molar-refractivity contribution in [2.45, 2.75) is 32.2 Å². The second-order valence-electron chi connectivity index (χ2n) is 4.72. The van der Waals surface area contributed by atoms with Crippen molar-refractivity contribution in [1.29, 1.82) is 0 Å². The van der Waals surface area contributed by atoms with Gasteiger partial charge in [0, 0.05) is 5.38 Å². The highest BCUT2D eigenvalue weighted by Crippen LogP contribution is 2.19. The molecule has 0 amide bonds. The Balaban J connectivity index is 1.93. The molecule has 0 aliphatic carbocycles. The van der Waals surface area contributed by atoms with Crippen LogP contribution in [0, 0.1) is 0 Å². The van der Waals surface area contributed by atoms with E-state index >= 15 is 0 Å². The SMILES string of the molecule is CCCNC(CCc1ccc(OC)cc1)c1csnn1. The first-order valence-electron chi connectivity index (χ1n) is 6.96. The van der Waals surface area contributed by atoms with Gasteiger partial charge in [-0.1, -0.05) is 23.5 Å². The molecule has 0 saturated carbocycles. The van der Waals surface area contributed by atoms with Crippen molar-refractivity contribution in [3.05, 3.63) is 40.9 Å². The average Bonchev–Trinajstić information content (AvgIpc) is 3.02. The van der Waals surface area contributed by atoms with Crippen molar-refractivity contribution in [1.82, 2.24) is 14.9 Å². The molecule has 1 heterocycles. The third-order valence-corrected chi connectivity index (χ3v) is 3.78. The van der Waals surface area contributed by atoms with E-state index in [1.807, 2.05) is 17.5 Å². The number of aryl methyl sites for hydroxylation is 1. The minimum atomic E-state index is 0.288. The normalized spacial score (nSPS) is 12.3. The third-order valence-electron chi connectivity index (χ3n) is 3.26. The lowest BCUT2D eigenvalue weighted by molar-refractivity contribution is 0.414. The molecule has 1 N–H and O–H groups in total. The van der Waals surface area contributed by atoms with E-state index in [1.165, 1.54) is 17.1 Å². The van der Waals surface area contributed by atoms with Crippen LogP contribution in [0.4, 0.5) is 0 Å². The summed E-state index contributed by atoms with van der Waals surface area (Å²) in [6.07, 6.45) is 3.16. The summed E-state index contributed by atoms with van der Waals surface area (Å²) in [5, 5.41) is 9.77. The van der Waals surface area contributed by atoms with Crippen LogP contribution < -0.4 is 10.1 Å². The van der Waals surface area contributed by atoms with Gasteiger partial charge in [-0.25, -0.2) is 0 Å². The summed E-state index contributed by atoms with van der Waals surface area (Å²) < 4.78 is 9.14. The molecule has 1 aromatic heterocycles. The first-order valence-corrected chi connectivity index (χ1v) is 7.80. The number of rotatable bonds is 8. The third kappa shape index (κ3) is 4.28. The second-order valence-corrected chi connectivity index (χ2v) is 5.33. The molecule has 5 heteroatoms. The lowest BCUT2D eigenvalue weighted by Gasteiger charge is -2.16. The van der Waals surface area contributed by atoms with E-state index in [1.54, 1.807) is 7.11 Å². The summed E-state index contributed by atoms with van der Waals surface area (Å²) in [5.74, 6) is 0.901. The van der Waals surface area contributed by atoms with Crippen LogP contribution in [0.15, 0.2) is 29.6 Å². The van der Waals surface area contributed by atoms with Crippen molar-refractivity contribution in [3.63, 3.8) is 0 Å². The minimum absolute atomic E-state index is 0.288. The summed E-state index contributed by atoms with van der Waals surface area (Å²) in [6, 6.07) is 8.54. The molecule has 2 aromatic rings. The maximum Gasteiger partial charge on any atom is 0.118 e. The van der Waals surface area contributed by atoms with E-state index in [4.69, 9.17) is 4.74 Å². The molecule has 0 spiro atoms. The van der Waals surface area contributed by atoms with Crippen LogP contribution in [-0.2, 0) is 6.42 Å². The molecule has 4 nitrogen and oxygen atoms in total. The number of aromatic nitrogens is 2. The Bertz CT molecular complexity index is 484. The molecule has 0 aliphatic heterocycles. The molecule has 0 fully saturated rings. The van der Waals surface area contributed by atoms with Gasteiger partial charge in [-0.15, -0.1) is 5.10 Å². The quantitative estimate of drug-likeness (QED) is 0.811. The largest absolute Gasteiger partial charge is 0.497 e. The van der Waals surface area contributed by atoms with Gasteiger partial charge in [-0.2, -0.15) is 0 Å². The predicted molar refractivity (Wildman–Crippen MR) is 82.3 cm³/mol. The number of nitrogens with zero attached hydrogens (tertiary/aromatic N) is 2. The molecular weight excluding hydrogens is 270 g/mol. The summed E-state index contributed by atoms with van der Waals surface area (Å²) in [7, 11) is 1.69. The fourth-order valence-corrected chi connectivity index (χ4v) is 2.61. The molecule has 1 aromatic carbocycles. The molecule has 1 atom stereocenters. The topological polar surface area (TPSA) is 47.0 Å². The molecule has 0 saturated heterocycles. The zero-order valence-corrected chi connectivity index (χ0v) is 12.8. The summed E-state index contributed by atoms with van der Waals surface area (Å²) >= 11 is 1.41. The first kappa shape index (κ1) is 14.9. The first-order chi connectivity index (χ1) is 9.83. The van der Waals surface area contributed by atoms with Gasteiger partial charge in [0.25, 0.3) is 0 Å². The number of methoxy groups -OCH3 is 1. The fourth-order valence-electron chi connectivity index (χ4n) is 2.10. The van der Waals surface area contributed by atoms with Crippen molar-refractivity contribution in [2.24, 2.45) is 0 Å². The highest BCUT2D eigenvalue weighted by Gasteiger charge is 2.13. The Morgan fingerprint density at radius 2 is 2.10 bits per heavy atom. The second kappa shape index (κ2) is 7.97. The maximum absolute atomic E-state index is 5.18. The molecule has 0 aliphatic rings. The van der Waals surface area contributed by atoms with Gasteiger partial charge < -0.3 is 10.1 Å². The number of hydrogen-bond acceptors (Lipinski definition) is 5. The lowest BCUT2D eigenvalue weighted by atomic mass is 10.0. The summed E-state index contributed by atoms with van der Waals surface area (Å²) in [4.78, 5) is 0. The highest BCUT2D eigenvalue weighted by molar-refractivity contribution is 7.03. The van der Waals surface area contributed by atoms with Crippen LogP contribution in [0.3, 0.4) is 0 Å². The van der Waals surface area contributed by atoms with Crippen molar-refractivity contribution in [2.75, 3.05) is 13.7 Å².